The molecule has 92 valence electrons. The molecule has 0 amide bonds. The van der Waals surface area contributed by atoms with Crippen LogP contribution in [0.2, 0.25) is 0 Å². The maximum Gasteiger partial charge on any atom is 0.342 e. The minimum atomic E-state index is -1.32. The Hall–Kier alpha value is -1.62. The second kappa shape index (κ2) is 4.33. The fourth-order valence-electron chi connectivity index (χ4n) is 1.65. The van der Waals surface area contributed by atoms with E-state index in [4.69, 9.17) is 15.6 Å². The first-order valence-electron chi connectivity index (χ1n) is 5.43. The van der Waals surface area contributed by atoms with E-state index in [2.05, 4.69) is 0 Å². The van der Waals surface area contributed by atoms with Crippen LogP contribution in [-0.2, 0) is 0 Å². The zero-order valence-corrected chi connectivity index (χ0v) is 9.28. The Kier molecular flexibility index (Phi) is 3.02. The van der Waals surface area contributed by atoms with Gasteiger partial charge >= 0.3 is 5.97 Å². The molecule has 17 heavy (non-hydrogen) atoms. The lowest BCUT2D eigenvalue weighted by molar-refractivity contribution is 0.0685. The molecule has 0 aromatic heterocycles. The monoisotopic (exact) mass is 239 g/mol. The summed E-state index contributed by atoms with van der Waals surface area (Å²) in [6, 6.07) is 3.99. The molecular weight excluding hydrogens is 225 g/mol. The lowest BCUT2D eigenvalue weighted by atomic mass is 10.1. The molecule has 1 aromatic rings. The van der Waals surface area contributed by atoms with Crippen LogP contribution in [0.5, 0.6) is 5.75 Å². The van der Waals surface area contributed by atoms with Crippen LogP contribution in [0, 0.1) is 11.2 Å². The van der Waals surface area contributed by atoms with Crippen LogP contribution in [0.25, 0.3) is 0 Å². The second-order valence-electron chi connectivity index (χ2n) is 4.41. The molecule has 1 aliphatic rings. The Morgan fingerprint density at radius 2 is 2.24 bits per heavy atom. The summed E-state index contributed by atoms with van der Waals surface area (Å²) in [4.78, 5) is 10.9. The fourth-order valence-corrected chi connectivity index (χ4v) is 1.65. The third-order valence-electron chi connectivity index (χ3n) is 3.11. The Balaban J connectivity index is 2.15. The molecule has 1 aliphatic carbocycles. The lowest BCUT2D eigenvalue weighted by Crippen LogP contribution is -2.23. The molecule has 0 atom stereocenters. The summed E-state index contributed by atoms with van der Waals surface area (Å²) in [6.45, 7) is 0.845. The van der Waals surface area contributed by atoms with Gasteiger partial charge in [0.2, 0.25) is 0 Å². The van der Waals surface area contributed by atoms with Gasteiger partial charge in [0.15, 0.2) is 0 Å². The van der Waals surface area contributed by atoms with Crippen molar-refractivity contribution >= 4 is 5.97 Å². The summed E-state index contributed by atoms with van der Waals surface area (Å²) < 4.78 is 18.7. The van der Waals surface area contributed by atoms with Gasteiger partial charge in [-0.15, -0.1) is 0 Å². The van der Waals surface area contributed by atoms with Gasteiger partial charge in [-0.2, -0.15) is 0 Å². The first kappa shape index (κ1) is 11.9. The van der Waals surface area contributed by atoms with E-state index in [0.717, 1.165) is 18.9 Å². The molecule has 2 rings (SSSR count). The standard InChI is InChI=1S/C12H14FNO3/c13-8-2-1-3-9(10(8)11(15)16)17-7-12(6-14)4-5-12/h1-3H,4-7,14H2,(H,15,16). The van der Waals surface area contributed by atoms with Crippen LogP contribution in [0.15, 0.2) is 18.2 Å². The van der Waals surface area contributed by atoms with E-state index < -0.39 is 17.3 Å². The van der Waals surface area contributed by atoms with E-state index in [-0.39, 0.29) is 11.2 Å². The van der Waals surface area contributed by atoms with E-state index in [0.29, 0.717) is 13.2 Å². The smallest absolute Gasteiger partial charge is 0.342 e. The molecule has 0 heterocycles. The van der Waals surface area contributed by atoms with Gasteiger partial charge in [-0.25, -0.2) is 9.18 Å². The number of carboxylic acids is 1. The number of ether oxygens (including phenoxy) is 1. The van der Waals surface area contributed by atoms with Gasteiger partial charge in [0, 0.05) is 12.0 Å². The van der Waals surface area contributed by atoms with Crippen molar-refractivity contribution in [2.45, 2.75) is 12.8 Å². The molecule has 1 fully saturated rings. The first-order chi connectivity index (χ1) is 8.08. The summed E-state index contributed by atoms with van der Waals surface area (Å²) in [5.74, 6) is -2.04. The van der Waals surface area contributed by atoms with E-state index in [1.165, 1.54) is 12.1 Å². The minimum absolute atomic E-state index is 0.0396. The van der Waals surface area contributed by atoms with Crippen LogP contribution in [0.4, 0.5) is 4.39 Å². The van der Waals surface area contributed by atoms with Crippen molar-refractivity contribution in [3.8, 4) is 5.75 Å². The number of benzene rings is 1. The molecule has 0 bridgehead atoms. The van der Waals surface area contributed by atoms with Crippen molar-refractivity contribution in [1.29, 1.82) is 0 Å². The number of hydrogen-bond acceptors (Lipinski definition) is 3. The van der Waals surface area contributed by atoms with Gasteiger partial charge in [-0.05, 0) is 25.0 Å². The Morgan fingerprint density at radius 3 is 2.76 bits per heavy atom. The summed E-state index contributed by atoms with van der Waals surface area (Å²) >= 11 is 0. The number of halogens is 1. The molecule has 1 saturated carbocycles. The van der Waals surface area contributed by atoms with Crippen molar-refractivity contribution in [3.05, 3.63) is 29.6 Å². The number of carboxylic acid groups (broad SMARTS) is 1. The molecule has 1 aromatic carbocycles. The highest BCUT2D eigenvalue weighted by Crippen LogP contribution is 2.44. The van der Waals surface area contributed by atoms with Gasteiger partial charge in [0.25, 0.3) is 0 Å². The van der Waals surface area contributed by atoms with E-state index >= 15 is 0 Å². The topological polar surface area (TPSA) is 72.5 Å². The third kappa shape index (κ3) is 2.39. The van der Waals surface area contributed by atoms with Crippen LogP contribution < -0.4 is 10.5 Å². The summed E-state index contributed by atoms with van der Waals surface area (Å²) in [5, 5.41) is 8.90. The lowest BCUT2D eigenvalue weighted by Gasteiger charge is -2.15. The fraction of sp³-hybridized carbons (Fsp3) is 0.417. The minimum Gasteiger partial charge on any atom is -0.492 e. The summed E-state index contributed by atoms with van der Waals surface area (Å²) in [5.41, 5.74) is 5.13. The molecule has 5 heteroatoms. The van der Waals surface area contributed by atoms with Gasteiger partial charge in [0.05, 0.1) is 6.61 Å². The Morgan fingerprint density at radius 1 is 1.53 bits per heavy atom. The van der Waals surface area contributed by atoms with Gasteiger partial charge in [-0.1, -0.05) is 6.07 Å². The van der Waals surface area contributed by atoms with Gasteiger partial charge < -0.3 is 15.6 Å². The highest BCUT2D eigenvalue weighted by Gasteiger charge is 2.42. The zero-order valence-electron chi connectivity index (χ0n) is 9.28. The van der Waals surface area contributed by atoms with Crippen molar-refractivity contribution in [3.63, 3.8) is 0 Å². The predicted octanol–water partition coefficient (Wildman–Crippen LogP) is 1.64. The number of nitrogens with two attached hydrogens (primary N) is 1. The highest BCUT2D eigenvalue weighted by atomic mass is 19.1. The predicted molar refractivity (Wildman–Crippen MR) is 59.6 cm³/mol. The Labute approximate surface area is 98.2 Å². The SMILES string of the molecule is NCC1(COc2cccc(F)c2C(=O)O)CC1. The number of rotatable bonds is 5. The average molecular weight is 239 g/mol. The van der Waals surface area contributed by atoms with Crippen LogP contribution >= 0.6 is 0 Å². The third-order valence-corrected chi connectivity index (χ3v) is 3.11. The summed E-state index contributed by atoms with van der Waals surface area (Å²) in [7, 11) is 0. The largest absolute Gasteiger partial charge is 0.492 e. The number of aromatic carboxylic acids is 1. The molecule has 4 nitrogen and oxygen atoms in total. The van der Waals surface area contributed by atoms with Crippen LogP contribution in [0.1, 0.15) is 23.2 Å². The van der Waals surface area contributed by atoms with Crippen molar-refractivity contribution in [2.24, 2.45) is 11.1 Å². The van der Waals surface area contributed by atoms with Crippen molar-refractivity contribution in [1.82, 2.24) is 0 Å². The number of hydrogen-bond donors (Lipinski definition) is 2. The maximum absolute atomic E-state index is 13.3. The van der Waals surface area contributed by atoms with Crippen LogP contribution in [0.3, 0.4) is 0 Å². The van der Waals surface area contributed by atoms with Gasteiger partial charge in [-0.3, -0.25) is 0 Å². The first-order valence-corrected chi connectivity index (χ1v) is 5.43. The molecular formula is C12H14FNO3. The summed E-state index contributed by atoms with van der Waals surface area (Å²) in [6.07, 6.45) is 1.95. The van der Waals surface area contributed by atoms with Crippen molar-refractivity contribution < 1.29 is 19.0 Å². The zero-order chi connectivity index (χ0) is 12.5. The van der Waals surface area contributed by atoms with E-state index in [1.54, 1.807) is 0 Å². The van der Waals surface area contributed by atoms with E-state index in [9.17, 15) is 9.18 Å². The average Bonchev–Trinajstić information content (AvgIpc) is 3.06. The van der Waals surface area contributed by atoms with E-state index in [1.807, 2.05) is 0 Å². The molecule has 0 radical (unpaired) electrons. The molecule has 0 unspecified atom stereocenters. The normalized spacial score (nSPS) is 16.6. The highest BCUT2D eigenvalue weighted by molar-refractivity contribution is 5.91. The molecule has 0 spiro atoms. The quantitative estimate of drug-likeness (QED) is 0.819. The van der Waals surface area contributed by atoms with Gasteiger partial charge in [0.1, 0.15) is 17.1 Å². The number of carbonyl (C=O) groups is 1. The molecule has 0 aliphatic heterocycles. The van der Waals surface area contributed by atoms with Crippen LogP contribution in [-0.4, -0.2) is 24.2 Å². The van der Waals surface area contributed by atoms with Crippen molar-refractivity contribution in [2.75, 3.05) is 13.2 Å². The molecule has 3 N–H and O–H groups in total. The Bertz CT molecular complexity index is 443. The maximum atomic E-state index is 13.3. The molecule has 0 saturated heterocycles. The second-order valence-corrected chi connectivity index (χ2v) is 4.41.